The Bertz CT molecular complexity index is 332. The minimum Gasteiger partial charge on any atom is -0.343 e. The van der Waals surface area contributed by atoms with Gasteiger partial charge in [0.05, 0.1) is 0 Å². The molecule has 4 nitrogen and oxygen atoms in total. The maximum Gasteiger partial charge on any atom is 0.471 e. The maximum absolute atomic E-state index is 12.3. The third-order valence-electron chi connectivity index (χ3n) is 3.45. The van der Waals surface area contributed by atoms with E-state index in [-0.39, 0.29) is 24.9 Å². The van der Waals surface area contributed by atoms with Crippen molar-refractivity contribution < 1.29 is 22.8 Å². The highest BCUT2D eigenvalue weighted by Gasteiger charge is 2.43. The minimum atomic E-state index is -4.82. The lowest BCUT2D eigenvalue weighted by Gasteiger charge is -2.33. The molecule has 1 rings (SSSR count). The highest BCUT2D eigenvalue weighted by molar-refractivity contribution is 5.83. The van der Waals surface area contributed by atoms with E-state index in [1.807, 2.05) is 13.8 Å². The molecule has 0 bridgehead atoms. The summed E-state index contributed by atoms with van der Waals surface area (Å²) in [6.45, 7) is 4.91. The minimum absolute atomic E-state index is 0.00395. The second kappa shape index (κ2) is 6.25. The van der Waals surface area contributed by atoms with Crippen LogP contribution in [0.25, 0.3) is 0 Å². The molecular weight excluding hydrogens is 261 g/mol. The molecule has 1 saturated heterocycles. The van der Waals surface area contributed by atoms with Gasteiger partial charge in [-0.1, -0.05) is 0 Å². The molecular formula is C12H19F3N2O2. The number of amides is 2. The number of nitrogens with zero attached hydrogens (tertiary/aromatic N) is 2. The Morgan fingerprint density at radius 1 is 1.16 bits per heavy atom. The summed E-state index contributed by atoms with van der Waals surface area (Å²) in [5.74, 6) is -2.09. The van der Waals surface area contributed by atoms with Crippen molar-refractivity contribution in [2.75, 3.05) is 26.2 Å². The Morgan fingerprint density at radius 3 is 2.00 bits per heavy atom. The second-order valence-electron chi connectivity index (χ2n) is 4.57. The molecule has 1 aliphatic heterocycles. The molecule has 0 aromatic rings. The molecule has 7 heteroatoms. The van der Waals surface area contributed by atoms with E-state index in [1.54, 1.807) is 4.90 Å². The number of hydrogen-bond acceptors (Lipinski definition) is 2. The standard InChI is InChI=1S/C12H19F3N2O2/c1-3-16(4-2)10(18)9-5-7-17(8-6-9)11(19)12(13,14)15/h9H,3-8H2,1-2H3. The number of carbonyl (C=O) groups excluding carboxylic acids is 2. The lowest BCUT2D eigenvalue weighted by atomic mass is 9.95. The average molecular weight is 280 g/mol. The van der Waals surface area contributed by atoms with Crippen molar-refractivity contribution in [3.8, 4) is 0 Å². The zero-order valence-corrected chi connectivity index (χ0v) is 11.2. The summed E-state index contributed by atoms with van der Waals surface area (Å²) < 4.78 is 36.8. The summed E-state index contributed by atoms with van der Waals surface area (Å²) in [7, 11) is 0. The van der Waals surface area contributed by atoms with Crippen molar-refractivity contribution in [1.29, 1.82) is 0 Å². The summed E-state index contributed by atoms with van der Waals surface area (Å²) in [6.07, 6.45) is -4.22. The number of carbonyl (C=O) groups is 2. The average Bonchev–Trinajstić information content (AvgIpc) is 2.38. The van der Waals surface area contributed by atoms with E-state index >= 15 is 0 Å². The van der Waals surface area contributed by atoms with Gasteiger partial charge in [0, 0.05) is 32.1 Å². The Hall–Kier alpha value is -1.27. The number of likely N-dealkylation sites (tertiary alicyclic amines) is 1. The fraction of sp³-hybridized carbons (Fsp3) is 0.833. The van der Waals surface area contributed by atoms with Crippen LogP contribution in [0, 0.1) is 5.92 Å². The van der Waals surface area contributed by atoms with Gasteiger partial charge in [-0.05, 0) is 26.7 Å². The van der Waals surface area contributed by atoms with Crippen LogP contribution in [0.5, 0.6) is 0 Å². The maximum atomic E-state index is 12.3. The monoisotopic (exact) mass is 280 g/mol. The van der Waals surface area contributed by atoms with Gasteiger partial charge in [-0.2, -0.15) is 13.2 Å². The largest absolute Gasteiger partial charge is 0.471 e. The van der Waals surface area contributed by atoms with E-state index in [0.717, 1.165) is 4.90 Å². The summed E-state index contributed by atoms with van der Waals surface area (Å²) in [5.41, 5.74) is 0. The Labute approximate surface area is 110 Å². The molecule has 0 aromatic carbocycles. The quantitative estimate of drug-likeness (QED) is 0.789. The first-order valence-corrected chi connectivity index (χ1v) is 6.46. The van der Waals surface area contributed by atoms with Gasteiger partial charge in [0.25, 0.3) is 0 Å². The van der Waals surface area contributed by atoms with Gasteiger partial charge in [-0.15, -0.1) is 0 Å². The number of piperidine rings is 1. The summed E-state index contributed by atoms with van der Waals surface area (Å²) >= 11 is 0. The highest BCUT2D eigenvalue weighted by Crippen LogP contribution is 2.24. The molecule has 2 amide bonds. The predicted molar refractivity (Wildman–Crippen MR) is 63.3 cm³/mol. The van der Waals surface area contributed by atoms with E-state index in [2.05, 4.69) is 0 Å². The molecule has 0 N–H and O–H groups in total. The third kappa shape index (κ3) is 3.84. The van der Waals surface area contributed by atoms with Crippen molar-refractivity contribution in [2.45, 2.75) is 32.9 Å². The molecule has 1 heterocycles. The molecule has 0 aliphatic carbocycles. The van der Waals surface area contributed by atoms with Gasteiger partial charge in [0.15, 0.2) is 0 Å². The van der Waals surface area contributed by atoms with Crippen LogP contribution in [-0.2, 0) is 9.59 Å². The van der Waals surface area contributed by atoms with Crippen molar-refractivity contribution >= 4 is 11.8 Å². The van der Waals surface area contributed by atoms with Crippen LogP contribution in [0.4, 0.5) is 13.2 Å². The van der Waals surface area contributed by atoms with Crippen LogP contribution in [0.1, 0.15) is 26.7 Å². The van der Waals surface area contributed by atoms with Crippen molar-refractivity contribution in [3.05, 3.63) is 0 Å². The van der Waals surface area contributed by atoms with Gasteiger partial charge in [0.2, 0.25) is 5.91 Å². The number of halogens is 3. The molecule has 110 valence electrons. The second-order valence-corrected chi connectivity index (χ2v) is 4.57. The lowest BCUT2D eigenvalue weighted by molar-refractivity contribution is -0.187. The number of rotatable bonds is 3. The van der Waals surface area contributed by atoms with Gasteiger partial charge in [-0.3, -0.25) is 9.59 Å². The fourth-order valence-corrected chi connectivity index (χ4v) is 2.30. The molecule has 1 aliphatic rings. The van der Waals surface area contributed by atoms with Crippen LogP contribution in [0.3, 0.4) is 0 Å². The molecule has 0 saturated carbocycles. The first-order chi connectivity index (χ1) is 8.81. The molecule has 0 spiro atoms. The molecule has 0 aromatic heterocycles. The van der Waals surface area contributed by atoms with Gasteiger partial charge < -0.3 is 9.80 Å². The predicted octanol–water partition coefficient (Wildman–Crippen LogP) is 1.66. The molecule has 0 unspecified atom stereocenters. The topological polar surface area (TPSA) is 40.6 Å². The highest BCUT2D eigenvalue weighted by atomic mass is 19.4. The normalized spacial score (nSPS) is 17.4. The van der Waals surface area contributed by atoms with Crippen molar-refractivity contribution in [2.24, 2.45) is 5.92 Å². The van der Waals surface area contributed by atoms with Crippen LogP contribution in [0.2, 0.25) is 0 Å². The number of alkyl halides is 3. The van der Waals surface area contributed by atoms with Crippen LogP contribution in [0.15, 0.2) is 0 Å². The van der Waals surface area contributed by atoms with E-state index < -0.39 is 12.1 Å². The van der Waals surface area contributed by atoms with Crippen molar-refractivity contribution in [1.82, 2.24) is 9.80 Å². The van der Waals surface area contributed by atoms with Gasteiger partial charge >= 0.3 is 12.1 Å². The van der Waals surface area contributed by atoms with E-state index in [9.17, 15) is 22.8 Å². The lowest BCUT2D eigenvalue weighted by Crippen LogP contribution is -2.48. The Kier molecular flexibility index (Phi) is 5.20. The van der Waals surface area contributed by atoms with Gasteiger partial charge in [-0.25, -0.2) is 0 Å². The zero-order valence-electron chi connectivity index (χ0n) is 11.2. The van der Waals surface area contributed by atoms with E-state index in [4.69, 9.17) is 0 Å². The molecule has 19 heavy (non-hydrogen) atoms. The van der Waals surface area contributed by atoms with E-state index in [1.165, 1.54) is 0 Å². The van der Waals surface area contributed by atoms with Crippen LogP contribution < -0.4 is 0 Å². The Balaban J connectivity index is 2.54. The van der Waals surface area contributed by atoms with Crippen LogP contribution in [-0.4, -0.2) is 54.0 Å². The molecule has 1 fully saturated rings. The Morgan fingerprint density at radius 2 is 1.63 bits per heavy atom. The van der Waals surface area contributed by atoms with Gasteiger partial charge in [0.1, 0.15) is 0 Å². The SMILES string of the molecule is CCN(CC)C(=O)C1CCN(C(=O)C(F)(F)F)CC1. The summed E-state index contributed by atoms with van der Waals surface area (Å²) in [5, 5.41) is 0. The van der Waals surface area contributed by atoms with E-state index in [0.29, 0.717) is 25.9 Å². The van der Waals surface area contributed by atoms with Crippen LogP contribution >= 0.6 is 0 Å². The molecule has 0 atom stereocenters. The third-order valence-corrected chi connectivity index (χ3v) is 3.45. The molecule has 0 radical (unpaired) electrons. The summed E-state index contributed by atoms with van der Waals surface area (Å²) in [6, 6.07) is 0. The fourth-order valence-electron chi connectivity index (χ4n) is 2.30. The first-order valence-electron chi connectivity index (χ1n) is 6.46. The smallest absolute Gasteiger partial charge is 0.343 e. The summed E-state index contributed by atoms with van der Waals surface area (Å²) in [4.78, 5) is 25.5. The number of hydrogen-bond donors (Lipinski definition) is 0. The first kappa shape index (κ1) is 15.8. The van der Waals surface area contributed by atoms with Crippen molar-refractivity contribution in [3.63, 3.8) is 0 Å². The zero-order chi connectivity index (χ0) is 14.6.